The van der Waals surface area contributed by atoms with Crippen LogP contribution < -0.4 is 10.1 Å². The van der Waals surface area contributed by atoms with E-state index < -0.39 is 6.10 Å². The fourth-order valence-electron chi connectivity index (χ4n) is 2.90. The van der Waals surface area contributed by atoms with Crippen molar-refractivity contribution < 1.29 is 9.84 Å². The summed E-state index contributed by atoms with van der Waals surface area (Å²) in [5.74, 6) is 1.49. The Morgan fingerprint density at radius 3 is 2.68 bits per heavy atom. The molecule has 1 aliphatic carbocycles. The van der Waals surface area contributed by atoms with Crippen molar-refractivity contribution in [3.63, 3.8) is 0 Å². The molecule has 0 aliphatic heterocycles. The van der Waals surface area contributed by atoms with Crippen molar-refractivity contribution in [3.8, 4) is 5.75 Å². The monoisotopic (exact) mass is 327 g/mol. The first kappa shape index (κ1) is 14.8. The van der Waals surface area contributed by atoms with Gasteiger partial charge >= 0.3 is 0 Å². The van der Waals surface area contributed by atoms with E-state index in [-0.39, 0.29) is 0 Å². The maximum absolute atomic E-state index is 10.2. The summed E-state index contributed by atoms with van der Waals surface area (Å²) in [6, 6.07) is 4.07. The number of methoxy groups -OCH3 is 1. The van der Waals surface area contributed by atoms with Gasteiger partial charge in [0.1, 0.15) is 5.75 Å². The Morgan fingerprint density at radius 1 is 1.42 bits per heavy atom. The summed E-state index contributed by atoms with van der Waals surface area (Å²) in [5, 5.41) is 13.2. The lowest BCUT2D eigenvalue weighted by molar-refractivity contribution is 0.177. The topological polar surface area (TPSA) is 41.5 Å². The highest BCUT2D eigenvalue weighted by Crippen LogP contribution is 2.43. The third kappa shape index (κ3) is 3.30. The van der Waals surface area contributed by atoms with E-state index >= 15 is 0 Å². The minimum Gasteiger partial charge on any atom is -0.495 e. The van der Waals surface area contributed by atoms with Gasteiger partial charge in [-0.05, 0) is 65.0 Å². The Balaban J connectivity index is 2.37. The van der Waals surface area contributed by atoms with E-state index in [0.29, 0.717) is 12.5 Å². The van der Waals surface area contributed by atoms with Crippen LogP contribution in [-0.2, 0) is 0 Å². The zero-order valence-corrected chi connectivity index (χ0v) is 13.2. The Kier molecular flexibility index (Phi) is 5.25. The van der Waals surface area contributed by atoms with Gasteiger partial charge in [0, 0.05) is 6.54 Å². The van der Waals surface area contributed by atoms with E-state index in [9.17, 15) is 5.11 Å². The van der Waals surface area contributed by atoms with Gasteiger partial charge in [-0.1, -0.05) is 12.8 Å². The number of halogens is 1. The van der Waals surface area contributed by atoms with Gasteiger partial charge in [0.2, 0.25) is 0 Å². The van der Waals surface area contributed by atoms with Crippen LogP contribution in [0.2, 0.25) is 0 Å². The molecule has 2 rings (SSSR count). The van der Waals surface area contributed by atoms with Crippen molar-refractivity contribution in [2.45, 2.75) is 37.7 Å². The Labute approximate surface area is 123 Å². The van der Waals surface area contributed by atoms with Crippen LogP contribution in [0.1, 0.15) is 48.8 Å². The van der Waals surface area contributed by atoms with Crippen molar-refractivity contribution in [2.24, 2.45) is 0 Å². The zero-order chi connectivity index (χ0) is 13.8. The second-order valence-electron chi connectivity index (χ2n) is 5.18. The molecule has 1 fully saturated rings. The van der Waals surface area contributed by atoms with Crippen LogP contribution in [0, 0.1) is 0 Å². The van der Waals surface area contributed by atoms with Gasteiger partial charge in [-0.15, -0.1) is 0 Å². The third-order valence-corrected chi connectivity index (χ3v) is 4.47. The molecule has 1 atom stereocenters. The molecule has 19 heavy (non-hydrogen) atoms. The number of ether oxygens (including phenoxy) is 1. The molecular weight excluding hydrogens is 306 g/mol. The molecule has 0 spiro atoms. The molecule has 1 aliphatic rings. The molecule has 1 aromatic carbocycles. The van der Waals surface area contributed by atoms with Crippen molar-refractivity contribution >= 4 is 15.9 Å². The normalized spacial score (nSPS) is 17.7. The Morgan fingerprint density at radius 2 is 2.11 bits per heavy atom. The van der Waals surface area contributed by atoms with E-state index in [1.165, 1.54) is 31.2 Å². The molecule has 0 bridgehead atoms. The van der Waals surface area contributed by atoms with Crippen LogP contribution in [0.4, 0.5) is 0 Å². The highest BCUT2D eigenvalue weighted by atomic mass is 79.9. The van der Waals surface area contributed by atoms with Gasteiger partial charge in [0.15, 0.2) is 0 Å². The molecular formula is C15H22BrNO2. The Bertz CT molecular complexity index is 430. The number of benzene rings is 1. The highest BCUT2D eigenvalue weighted by Gasteiger charge is 2.23. The summed E-state index contributed by atoms with van der Waals surface area (Å²) in [6.45, 7) is 0.558. The first-order valence-electron chi connectivity index (χ1n) is 6.87. The quantitative estimate of drug-likeness (QED) is 0.871. The minimum absolute atomic E-state index is 0.479. The van der Waals surface area contributed by atoms with Gasteiger partial charge in [-0.25, -0.2) is 0 Å². The molecule has 1 saturated carbocycles. The van der Waals surface area contributed by atoms with Crippen molar-refractivity contribution in [2.75, 3.05) is 20.7 Å². The lowest BCUT2D eigenvalue weighted by Crippen LogP contribution is -2.17. The third-order valence-electron chi connectivity index (χ3n) is 3.88. The molecule has 1 aromatic rings. The van der Waals surface area contributed by atoms with Crippen LogP contribution in [0.5, 0.6) is 5.75 Å². The molecule has 0 heterocycles. The molecule has 2 N–H and O–H groups in total. The van der Waals surface area contributed by atoms with Crippen LogP contribution in [-0.4, -0.2) is 25.8 Å². The van der Waals surface area contributed by atoms with Crippen LogP contribution in [0.3, 0.4) is 0 Å². The highest BCUT2D eigenvalue weighted by molar-refractivity contribution is 9.10. The lowest BCUT2D eigenvalue weighted by atomic mass is 9.93. The van der Waals surface area contributed by atoms with Gasteiger partial charge in [-0.2, -0.15) is 0 Å². The number of nitrogens with one attached hydrogen (secondary N) is 1. The number of likely N-dealkylation sites (N-methyl/N-ethyl adjacent to an activating group) is 1. The Hall–Kier alpha value is -0.580. The lowest BCUT2D eigenvalue weighted by Gasteiger charge is -2.19. The molecule has 106 valence electrons. The van der Waals surface area contributed by atoms with E-state index in [0.717, 1.165) is 15.8 Å². The van der Waals surface area contributed by atoms with E-state index in [2.05, 4.69) is 27.3 Å². The van der Waals surface area contributed by atoms with E-state index in [1.807, 2.05) is 13.1 Å². The van der Waals surface area contributed by atoms with Crippen molar-refractivity contribution in [1.29, 1.82) is 0 Å². The largest absolute Gasteiger partial charge is 0.495 e. The maximum Gasteiger partial charge on any atom is 0.136 e. The van der Waals surface area contributed by atoms with Crippen LogP contribution in [0.15, 0.2) is 16.6 Å². The summed E-state index contributed by atoms with van der Waals surface area (Å²) in [4.78, 5) is 0. The second kappa shape index (κ2) is 6.73. The average Bonchev–Trinajstić information content (AvgIpc) is 2.91. The van der Waals surface area contributed by atoms with Gasteiger partial charge in [0.05, 0.1) is 17.7 Å². The minimum atomic E-state index is -0.479. The van der Waals surface area contributed by atoms with E-state index in [4.69, 9.17) is 4.74 Å². The van der Waals surface area contributed by atoms with Crippen molar-refractivity contribution in [3.05, 3.63) is 27.7 Å². The van der Waals surface area contributed by atoms with Gasteiger partial charge in [-0.3, -0.25) is 0 Å². The first-order chi connectivity index (χ1) is 9.17. The number of rotatable bonds is 5. The zero-order valence-electron chi connectivity index (χ0n) is 11.6. The summed E-state index contributed by atoms with van der Waals surface area (Å²) in [5.41, 5.74) is 2.18. The molecule has 0 aromatic heterocycles. The summed E-state index contributed by atoms with van der Waals surface area (Å²) in [7, 11) is 3.56. The first-order valence-corrected chi connectivity index (χ1v) is 7.66. The molecule has 0 saturated heterocycles. The fraction of sp³-hybridized carbons (Fsp3) is 0.600. The number of hydrogen-bond acceptors (Lipinski definition) is 3. The maximum atomic E-state index is 10.2. The summed E-state index contributed by atoms with van der Waals surface area (Å²) < 4.78 is 6.47. The summed E-state index contributed by atoms with van der Waals surface area (Å²) >= 11 is 3.57. The molecule has 0 amide bonds. The predicted octanol–water partition coefficient (Wildman–Crippen LogP) is 3.37. The fourth-order valence-corrected chi connectivity index (χ4v) is 3.55. The van der Waals surface area contributed by atoms with E-state index in [1.54, 1.807) is 7.11 Å². The number of aliphatic hydroxyl groups is 1. The molecule has 3 nitrogen and oxygen atoms in total. The van der Waals surface area contributed by atoms with Crippen molar-refractivity contribution in [1.82, 2.24) is 5.32 Å². The second-order valence-corrected chi connectivity index (χ2v) is 6.03. The molecule has 4 heteroatoms. The SMILES string of the molecule is CNCC(O)c1cc(Br)c(OC)c(C2CCCC2)c1. The summed E-state index contributed by atoms with van der Waals surface area (Å²) in [6.07, 6.45) is 4.53. The number of hydrogen-bond donors (Lipinski definition) is 2. The van der Waals surface area contributed by atoms with Gasteiger partial charge in [0.25, 0.3) is 0 Å². The number of aliphatic hydroxyl groups excluding tert-OH is 1. The predicted molar refractivity (Wildman–Crippen MR) is 80.8 cm³/mol. The smallest absolute Gasteiger partial charge is 0.136 e. The van der Waals surface area contributed by atoms with Crippen LogP contribution in [0.25, 0.3) is 0 Å². The average molecular weight is 328 g/mol. The standard InChI is InChI=1S/C15H22BrNO2/c1-17-9-14(18)11-7-12(10-5-3-4-6-10)15(19-2)13(16)8-11/h7-8,10,14,17-18H,3-6,9H2,1-2H3. The molecule has 0 radical (unpaired) electrons. The van der Waals surface area contributed by atoms with Gasteiger partial charge < -0.3 is 15.2 Å². The molecule has 1 unspecified atom stereocenters. The van der Waals surface area contributed by atoms with Crippen LogP contribution >= 0.6 is 15.9 Å².